The fourth-order valence-electron chi connectivity index (χ4n) is 1.86. The molecule has 1 saturated heterocycles. The highest BCUT2D eigenvalue weighted by atomic mass is 16.6. The van der Waals surface area contributed by atoms with Crippen LogP contribution in [-0.2, 0) is 20.9 Å². The summed E-state index contributed by atoms with van der Waals surface area (Å²) in [4.78, 5) is 11.1. The summed E-state index contributed by atoms with van der Waals surface area (Å²) in [6.45, 7) is 0.512. The minimum absolute atomic E-state index is 0.187. The van der Waals surface area contributed by atoms with E-state index in [9.17, 15) is 9.90 Å². The number of esters is 1. The average molecular weight is 236 g/mol. The minimum Gasteiger partial charge on any atom is -0.454 e. The van der Waals surface area contributed by atoms with Gasteiger partial charge in [-0.25, -0.2) is 0 Å². The average Bonchev–Trinajstić information content (AvgIpc) is 2.73. The number of carbonyl (C=O) groups is 1. The van der Waals surface area contributed by atoms with Crippen LogP contribution in [0.2, 0.25) is 0 Å². The number of benzene rings is 1. The Morgan fingerprint density at radius 1 is 1.35 bits per heavy atom. The molecular formula is C13H16O4. The van der Waals surface area contributed by atoms with Gasteiger partial charge in [0.2, 0.25) is 0 Å². The summed E-state index contributed by atoms with van der Waals surface area (Å²) in [6.07, 6.45) is 0.881. The van der Waals surface area contributed by atoms with Gasteiger partial charge in [-0.15, -0.1) is 0 Å². The van der Waals surface area contributed by atoms with Gasteiger partial charge in [0.15, 0.2) is 5.60 Å². The topological polar surface area (TPSA) is 55.8 Å². The van der Waals surface area contributed by atoms with Crippen molar-refractivity contribution in [2.24, 2.45) is 0 Å². The molecule has 1 aliphatic rings. The zero-order chi connectivity index (χ0) is 12.1. The van der Waals surface area contributed by atoms with E-state index < -0.39 is 5.60 Å². The van der Waals surface area contributed by atoms with Gasteiger partial charge in [-0.1, -0.05) is 30.3 Å². The van der Waals surface area contributed by atoms with Gasteiger partial charge in [-0.3, -0.25) is 4.79 Å². The number of aliphatic hydroxyl groups is 1. The molecule has 4 nitrogen and oxygen atoms in total. The largest absolute Gasteiger partial charge is 0.454 e. The summed E-state index contributed by atoms with van der Waals surface area (Å²) < 4.78 is 10.6. The van der Waals surface area contributed by atoms with E-state index >= 15 is 0 Å². The van der Waals surface area contributed by atoms with E-state index in [-0.39, 0.29) is 19.2 Å². The molecule has 0 unspecified atom stereocenters. The molecule has 0 radical (unpaired) electrons. The maximum Gasteiger partial charge on any atom is 0.306 e. The summed E-state index contributed by atoms with van der Waals surface area (Å²) in [6, 6.07) is 9.75. The number of hydrogen-bond donors (Lipinski definition) is 1. The van der Waals surface area contributed by atoms with E-state index in [1.807, 2.05) is 30.3 Å². The maximum absolute atomic E-state index is 11.1. The molecule has 0 aliphatic carbocycles. The molecule has 0 amide bonds. The molecule has 1 aromatic carbocycles. The van der Waals surface area contributed by atoms with Crippen LogP contribution in [0.1, 0.15) is 18.4 Å². The highest BCUT2D eigenvalue weighted by molar-refractivity contribution is 5.72. The quantitative estimate of drug-likeness (QED) is 0.782. The standard InChI is InChI=1S/C13H16O4/c14-9-13(7-6-12(15)17-13)10-16-8-11-4-2-1-3-5-11/h1-5,14H,6-10H2/t13-/m0/s1. The highest BCUT2D eigenvalue weighted by Gasteiger charge is 2.40. The van der Waals surface area contributed by atoms with Crippen LogP contribution in [0.15, 0.2) is 30.3 Å². The predicted molar refractivity (Wildman–Crippen MR) is 61.2 cm³/mol. The summed E-state index contributed by atoms with van der Waals surface area (Å²) in [5, 5.41) is 9.27. The molecule has 0 bridgehead atoms. The van der Waals surface area contributed by atoms with Gasteiger partial charge in [0, 0.05) is 12.8 Å². The number of ether oxygens (including phenoxy) is 2. The fourth-order valence-corrected chi connectivity index (χ4v) is 1.86. The molecule has 1 heterocycles. The van der Waals surface area contributed by atoms with Gasteiger partial charge in [-0.2, -0.15) is 0 Å². The molecule has 1 fully saturated rings. The molecule has 4 heteroatoms. The minimum atomic E-state index is -0.828. The molecule has 1 aromatic rings. The first-order valence-electron chi connectivity index (χ1n) is 5.68. The zero-order valence-corrected chi connectivity index (χ0v) is 9.59. The van der Waals surface area contributed by atoms with Crippen LogP contribution < -0.4 is 0 Å². The molecule has 0 aromatic heterocycles. The van der Waals surface area contributed by atoms with Crippen molar-refractivity contribution >= 4 is 5.97 Å². The molecule has 1 N–H and O–H groups in total. The van der Waals surface area contributed by atoms with Crippen LogP contribution in [0, 0.1) is 0 Å². The zero-order valence-electron chi connectivity index (χ0n) is 9.59. The highest BCUT2D eigenvalue weighted by Crippen LogP contribution is 2.26. The first-order valence-corrected chi connectivity index (χ1v) is 5.68. The van der Waals surface area contributed by atoms with E-state index in [0.717, 1.165) is 5.56 Å². The Bertz CT molecular complexity index is 376. The second-order valence-electron chi connectivity index (χ2n) is 4.29. The summed E-state index contributed by atoms with van der Waals surface area (Å²) in [5.41, 5.74) is 0.233. The molecule has 0 spiro atoms. The molecule has 0 saturated carbocycles. The van der Waals surface area contributed by atoms with Crippen LogP contribution in [0.5, 0.6) is 0 Å². The van der Waals surface area contributed by atoms with Gasteiger partial charge in [-0.05, 0) is 5.56 Å². The lowest BCUT2D eigenvalue weighted by molar-refractivity contribution is -0.158. The third-order valence-corrected chi connectivity index (χ3v) is 2.88. The van der Waals surface area contributed by atoms with E-state index in [4.69, 9.17) is 9.47 Å². The van der Waals surface area contributed by atoms with E-state index in [1.54, 1.807) is 0 Å². The van der Waals surface area contributed by atoms with Gasteiger partial charge < -0.3 is 14.6 Å². The number of carbonyl (C=O) groups excluding carboxylic acids is 1. The van der Waals surface area contributed by atoms with Crippen LogP contribution in [0.3, 0.4) is 0 Å². The molecule has 1 aliphatic heterocycles. The van der Waals surface area contributed by atoms with Crippen molar-refractivity contribution in [1.29, 1.82) is 0 Å². The van der Waals surface area contributed by atoms with Crippen molar-refractivity contribution in [3.8, 4) is 0 Å². The van der Waals surface area contributed by atoms with Crippen molar-refractivity contribution in [1.82, 2.24) is 0 Å². The Kier molecular flexibility index (Phi) is 3.76. The smallest absolute Gasteiger partial charge is 0.306 e. The Labute approximate surface area is 100 Å². The van der Waals surface area contributed by atoms with E-state index in [0.29, 0.717) is 19.4 Å². The molecule has 1 atom stereocenters. The summed E-state index contributed by atoms with van der Waals surface area (Å²) in [5.74, 6) is -0.262. The van der Waals surface area contributed by atoms with E-state index in [2.05, 4.69) is 0 Å². The first kappa shape index (κ1) is 12.1. The van der Waals surface area contributed by atoms with Crippen molar-refractivity contribution in [3.63, 3.8) is 0 Å². The van der Waals surface area contributed by atoms with Crippen LogP contribution in [0.4, 0.5) is 0 Å². The maximum atomic E-state index is 11.1. The molecular weight excluding hydrogens is 220 g/mol. The number of rotatable bonds is 5. The SMILES string of the molecule is O=C1CC[C@](CO)(COCc2ccccc2)O1. The van der Waals surface area contributed by atoms with Crippen LogP contribution in [0.25, 0.3) is 0 Å². The molecule has 17 heavy (non-hydrogen) atoms. The monoisotopic (exact) mass is 236 g/mol. The summed E-state index contributed by atoms with van der Waals surface area (Å²) >= 11 is 0. The van der Waals surface area contributed by atoms with Crippen molar-refractivity contribution < 1.29 is 19.4 Å². The Balaban J connectivity index is 1.83. The normalized spacial score (nSPS) is 23.7. The van der Waals surface area contributed by atoms with Gasteiger partial charge >= 0.3 is 5.97 Å². The van der Waals surface area contributed by atoms with Gasteiger partial charge in [0.1, 0.15) is 0 Å². The lowest BCUT2D eigenvalue weighted by atomic mass is 10.0. The fraction of sp³-hybridized carbons (Fsp3) is 0.462. The molecule has 92 valence electrons. The van der Waals surface area contributed by atoms with Crippen molar-refractivity contribution in [2.75, 3.05) is 13.2 Å². The second-order valence-corrected chi connectivity index (χ2v) is 4.29. The third-order valence-electron chi connectivity index (χ3n) is 2.88. The predicted octanol–water partition coefficient (Wildman–Crippen LogP) is 1.27. The number of hydrogen-bond acceptors (Lipinski definition) is 4. The van der Waals surface area contributed by atoms with Gasteiger partial charge in [0.25, 0.3) is 0 Å². The lowest BCUT2D eigenvalue weighted by Gasteiger charge is -2.24. The number of aliphatic hydroxyl groups excluding tert-OH is 1. The third kappa shape index (κ3) is 3.05. The van der Waals surface area contributed by atoms with E-state index in [1.165, 1.54) is 0 Å². The van der Waals surface area contributed by atoms with Crippen molar-refractivity contribution in [2.45, 2.75) is 25.0 Å². The Morgan fingerprint density at radius 3 is 2.71 bits per heavy atom. The van der Waals surface area contributed by atoms with Crippen LogP contribution in [-0.4, -0.2) is 29.9 Å². The van der Waals surface area contributed by atoms with Gasteiger partial charge in [0.05, 0.1) is 19.8 Å². The first-order chi connectivity index (χ1) is 8.24. The lowest BCUT2D eigenvalue weighted by Crippen LogP contribution is -2.38. The molecule has 2 rings (SSSR count). The number of cyclic esters (lactones) is 1. The summed E-state index contributed by atoms with van der Waals surface area (Å²) in [7, 11) is 0. The second kappa shape index (κ2) is 5.29. The Morgan fingerprint density at radius 2 is 2.12 bits per heavy atom. The van der Waals surface area contributed by atoms with Crippen molar-refractivity contribution in [3.05, 3.63) is 35.9 Å². The van der Waals surface area contributed by atoms with Crippen LogP contribution >= 0.6 is 0 Å². The Hall–Kier alpha value is -1.39.